The Morgan fingerprint density at radius 3 is 2.83 bits per heavy atom. The van der Waals surface area contributed by atoms with Gasteiger partial charge in [-0.3, -0.25) is 4.98 Å². The van der Waals surface area contributed by atoms with Crippen molar-refractivity contribution in [3.8, 4) is 5.75 Å². The van der Waals surface area contributed by atoms with Crippen LogP contribution in [0.1, 0.15) is 21.5 Å². The van der Waals surface area contributed by atoms with E-state index in [1.165, 1.54) is 0 Å². The number of carboxylic acid groups (broad SMARTS) is 1. The summed E-state index contributed by atoms with van der Waals surface area (Å²) in [6.45, 7) is 2.11. The Morgan fingerprint density at radius 2 is 2.17 bits per heavy atom. The lowest BCUT2D eigenvalue weighted by Crippen LogP contribution is -2.03. The average Bonchev–Trinajstić information content (AvgIpc) is 2.38. The zero-order chi connectivity index (χ0) is 13.0. The molecule has 0 aliphatic rings. The van der Waals surface area contributed by atoms with Gasteiger partial charge in [0.1, 0.15) is 12.4 Å². The molecule has 1 aromatic heterocycles. The molecule has 2 aromatic rings. The molecule has 0 bridgehead atoms. The molecule has 0 fully saturated rings. The van der Waals surface area contributed by atoms with E-state index in [0.29, 0.717) is 17.9 Å². The topological polar surface area (TPSA) is 59.4 Å². The van der Waals surface area contributed by atoms with Gasteiger partial charge in [-0.2, -0.15) is 0 Å². The number of carbonyl (C=O) groups is 1. The van der Waals surface area contributed by atoms with Crippen molar-refractivity contribution in [2.45, 2.75) is 13.5 Å². The van der Waals surface area contributed by atoms with Crippen LogP contribution in [-0.4, -0.2) is 16.1 Å². The summed E-state index contributed by atoms with van der Waals surface area (Å²) in [4.78, 5) is 15.0. The molecule has 4 nitrogen and oxygen atoms in total. The van der Waals surface area contributed by atoms with E-state index in [4.69, 9.17) is 9.84 Å². The van der Waals surface area contributed by atoms with Gasteiger partial charge < -0.3 is 9.84 Å². The van der Waals surface area contributed by atoms with Crippen LogP contribution >= 0.6 is 0 Å². The number of nitrogens with zero attached hydrogens (tertiary/aromatic N) is 1. The molecule has 0 saturated carbocycles. The molecule has 0 radical (unpaired) electrons. The minimum absolute atomic E-state index is 0.263. The number of hydrogen-bond acceptors (Lipinski definition) is 3. The monoisotopic (exact) mass is 243 g/mol. The average molecular weight is 243 g/mol. The Balaban J connectivity index is 2.15. The van der Waals surface area contributed by atoms with Gasteiger partial charge in [-0.05, 0) is 25.1 Å². The van der Waals surface area contributed by atoms with Crippen LogP contribution in [0, 0.1) is 6.92 Å². The fourth-order valence-corrected chi connectivity index (χ4v) is 1.65. The zero-order valence-corrected chi connectivity index (χ0v) is 9.96. The first-order chi connectivity index (χ1) is 8.68. The van der Waals surface area contributed by atoms with Crippen LogP contribution in [0.15, 0.2) is 42.7 Å². The van der Waals surface area contributed by atoms with Crippen LogP contribution in [0.4, 0.5) is 0 Å². The molecule has 1 N–H and O–H groups in total. The van der Waals surface area contributed by atoms with E-state index in [0.717, 1.165) is 5.56 Å². The zero-order valence-electron chi connectivity index (χ0n) is 9.96. The van der Waals surface area contributed by atoms with E-state index in [-0.39, 0.29) is 5.56 Å². The number of carboxylic acids is 1. The highest BCUT2D eigenvalue weighted by atomic mass is 16.5. The second kappa shape index (κ2) is 5.31. The summed E-state index contributed by atoms with van der Waals surface area (Å²) in [6.07, 6.45) is 3.41. The molecule has 0 spiro atoms. The molecule has 0 amide bonds. The van der Waals surface area contributed by atoms with E-state index in [1.807, 2.05) is 12.1 Å². The van der Waals surface area contributed by atoms with Gasteiger partial charge in [0.05, 0.1) is 5.56 Å². The number of aromatic carboxylic acids is 1. The van der Waals surface area contributed by atoms with Gasteiger partial charge in [-0.15, -0.1) is 0 Å². The molecule has 0 aliphatic heterocycles. The summed E-state index contributed by atoms with van der Waals surface area (Å²) in [6, 6.07) is 8.74. The SMILES string of the molecule is Cc1c(OCc2cccnc2)cccc1C(=O)O. The van der Waals surface area contributed by atoms with Gasteiger partial charge in [0.25, 0.3) is 0 Å². The molecule has 92 valence electrons. The molecule has 1 aromatic carbocycles. The van der Waals surface area contributed by atoms with Crippen LogP contribution in [0.5, 0.6) is 5.75 Å². The Labute approximate surface area is 105 Å². The lowest BCUT2D eigenvalue weighted by molar-refractivity contribution is 0.0695. The van der Waals surface area contributed by atoms with Crippen LogP contribution in [0.2, 0.25) is 0 Å². The summed E-state index contributed by atoms with van der Waals surface area (Å²) in [5.74, 6) is -0.363. The smallest absolute Gasteiger partial charge is 0.336 e. The third-order valence-corrected chi connectivity index (χ3v) is 2.63. The van der Waals surface area contributed by atoms with Crippen molar-refractivity contribution in [3.63, 3.8) is 0 Å². The molecule has 0 aliphatic carbocycles. The van der Waals surface area contributed by atoms with E-state index in [1.54, 1.807) is 37.5 Å². The third kappa shape index (κ3) is 2.66. The summed E-state index contributed by atoms with van der Waals surface area (Å²) in [5, 5.41) is 9.01. The second-order valence-corrected chi connectivity index (χ2v) is 3.88. The molecular weight excluding hydrogens is 230 g/mol. The fourth-order valence-electron chi connectivity index (χ4n) is 1.65. The van der Waals surface area contributed by atoms with Crippen LogP contribution in [0.25, 0.3) is 0 Å². The van der Waals surface area contributed by atoms with Crippen molar-refractivity contribution in [1.82, 2.24) is 4.98 Å². The van der Waals surface area contributed by atoms with Gasteiger partial charge in [-0.25, -0.2) is 4.79 Å². The van der Waals surface area contributed by atoms with Crippen LogP contribution < -0.4 is 4.74 Å². The first-order valence-electron chi connectivity index (χ1n) is 5.53. The normalized spacial score (nSPS) is 10.1. The third-order valence-electron chi connectivity index (χ3n) is 2.63. The minimum Gasteiger partial charge on any atom is -0.489 e. The van der Waals surface area contributed by atoms with Crippen molar-refractivity contribution in [2.24, 2.45) is 0 Å². The summed E-state index contributed by atoms with van der Waals surface area (Å²) in [7, 11) is 0. The molecule has 0 atom stereocenters. The van der Waals surface area contributed by atoms with Gasteiger partial charge in [0, 0.05) is 23.5 Å². The lowest BCUT2D eigenvalue weighted by atomic mass is 10.1. The Morgan fingerprint density at radius 1 is 1.33 bits per heavy atom. The number of hydrogen-bond donors (Lipinski definition) is 1. The maximum absolute atomic E-state index is 11.0. The van der Waals surface area contributed by atoms with E-state index in [2.05, 4.69) is 4.98 Å². The number of benzene rings is 1. The van der Waals surface area contributed by atoms with E-state index < -0.39 is 5.97 Å². The maximum atomic E-state index is 11.0. The first-order valence-corrected chi connectivity index (χ1v) is 5.53. The highest BCUT2D eigenvalue weighted by molar-refractivity contribution is 5.90. The van der Waals surface area contributed by atoms with Crippen LogP contribution in [-0.2, 0) is 6.61 Å². The molecule has 0 unspecified atom stereocenters. The number of rotatable bonds is 4. The van der Waals surface area contributed by atoms with Gasteiger partial charge >= 0.3 is 5.97 Å². The maximum Gasteiger partial charge on any atom is 0.336 e. The number of aromatic nitrogens is 1. The molecule has 4 heteroatoms. The molecule has 0 saturated heterocycles. The van der Waals surface area contributed by atoms with Gasteiger partial charge in [-0.1, -0.05) is 12.1 Å². The second-order valence-electron chi connectivity index (χ2n) is 3.88. The molecule has 18 heavy (non-hydrogen) atoms. The minimum atomic E-state index is -0.945. The number of pyridine rings is 1. The van der Waals surface area contributed by atoms with Crippen molar-refractivity contribution in [1.29, 1.82) is 0 Å². The first kappa shape index (κ1) is 12.1. The predicted molar refractivity (Wildman–Crippen MR) is 66.7 cm³/mol. The molecule has 1 heterocycles. The quantitative estimate of drug-likeness (QED) is 0.896. The Kier molecular flexibility index (Phi) is 3.57. The van der Waals surface area contributed by atoms with Crippen molar-refractivity contribution in [2.75, 3.05) is 0 Å². The standard InChI is InChI=1S/C14H13NO3/c1-10-12(14(16)17)5-2-6-13(10)18-9-11-4-3-7-15-8-11/h2-8H,9H2,1H3,(H,16,17). The van der Waals surface area contributed by atoms with E-state index >= 15 is 0 Å². The highest BCUT2D eigenvalue weighted by Gasteiger charge is 2.10. The molecular formula is C14H13NO3. The van der Waals surface area contributed by atoms with Crippen molar-refractivity contribution in [3.05, 3.63) is 59.4 Å². The van der Waals surface area contributed by atoms with Gasteiger partial charge in [0.15, 0.2) is 0 Å². The highest BCUT2D eigenvalue weighted by Crippen LogP contribution is 2.22. The summed E-state index contributed by atoms with van der Waals surface area (Å²) < 4.78 is 5.61. The lowest BCUT2D eigenvalue weighted by Gasteiger charge is -2.10. The molecule has 2 rings (SSSR count). The Hall–Kier alpha value is -2.36. The summed E-state index contributed by atoms with van der Waals surface area (Å²) in [5.41, 5.74) is 1.84. The van der Waals surface area contributed by atoms with E-state index in [9.17, 15) is 4.79 Å². The van der Waals surface area contributed by atoms with Crippen LogP contribution in [0.3, 0.4) is 0 Å². The van der Waals surface area contributed by atoms with Crippen molar-refractivity contribution >= 4 is 5.97 Å². The van der Waals surface area contributed by atoms with Crippen molar-refractivity contribution < 1.29 is 14.6 Å². The Bertz CT molecular complexity index is 552. The van der Waals surface area contributed by atoms with Gasteiger partial charge in [0.2, 0.25) is 0 Å². The predicted octanol–water partition coefficient (Wildman–Crippen LogP) is 2.67. The fraction of sp³-hybridized carbons (Fsp3) is 0.143. The summed E-state index contributed by atoms with van der Waals surface area (Å²) >= 11 is 0. The largest absolute Gasteiger partial charge is 0.489 e. The number of ether oxygens (including phenoxy) is 1.